The molecule has 12 heteroatoms. The van der Waals surface area contributed by atoms with Crippen molar-refractivity contribution >= 4 is 46.2 Å². The van der Waals surface area contributed by atoms with Crippen LogP contribution in [0.1, 0.15) is 95.3 Å². The number of aliphatic imine (C=N–C) groups is 1. The first-order valence-electron chi connectivity index (χ1n) is 16.6. The highest BCUT2D eigenvalue weighted by Crippen LogP contribution is 2.39. The molecule has 0 unspecified atom stereocenters. The molecule has 0 saturated carbocycles. The molecule has 1 aliphatic rings. The van der Waals surface area contributed by atoms with Gasteiger partial charge in [-0.1, -0.05) is 48.4 Å². The second-order valence-corrected chi connectivity index (χ2v) is 13.7. The minimum atomic E-state index is -0.602. The van der Waals surface area contributed by atoms with Crippen LogP contribution in [0.3, 0.4) is 0 Å². The summed E-state index contributed by atoms with van der Waals surface area (Å²) in [6.07, 6.45) is 5.14. The lowest BCUT2D eigenvalue weighted by atomic mass is 9.99. The van der Waals surface area contributed by atoms with Crippen LogP contribution in [0, 0.1) is 32.6 Å². The number of nitrogens with two attached hydrogens (primary N) is 1. The van der Waals surface area contributed by atoms with Crippen molar-refractivity contribution in [2.24, 2.45) is 10.7 Å². The fourth-order valence-corrected chi connectivity index (χ4v) is 7.05. The molecule has 0 radical (unpaired) electrons. The van der Waals surface area contributed by atoms with Gasteiger partial charge >= 0.3 is 0 Å². The lowest BCUT2D eigenvalue weighted by molar-refractivity contribution is -0.121. The molecule has 0 spiro atoms. The summed E-state index contributed by atoms with van der Waals surface area (Å²) in [5.41, 5.74) is 11.2. The number of rotatable bonds is 13. The Morgan fingerprint density at radius 2 is 1.82 bits per heavy atom. The summed E-state index contributed by atoms with van der Waals surface area (Å²) < 4.78 is 2.00. The predicted octanol–water partition coefficient (Wildman–Crippen LogP) is 6.09. The van der Waals surface area contributed by atoms with Gasteiger partial charge in [0.15, 0.2) is 5.82 Å². The Morgan fingerprint density at radius 1 is 1.04 bits per heavy atom. The zero-order valence-corrected chi connectivity index (χ0v) is 29.7. The molecule has 0 aliphatic carbocycles. The third-order valence-electron chi connectivity index (χ3n) is 8.45. The number of carbonyl (C=O) groups excluding carboxylic acids is 2. The van der Waals surface area contributed by atoms with Crippen LogP contribution >= 0.6 is 22.9 Å². The van der Waals surface area contributed by atoms with Gasteiger partial charge in [-0.3, -0.25) is 19.1 Å². The average Bonchev–Trinajstić information content (AvgIpc) is 3.56. The quantitative estimate of drug-likeness (QED) is 0.0982. The Labute approximate surface area is 296 Å². The molecule has 1 aliphatic heterocycles. The molecular formula is C37H42ClN7O3S. The number of amides is 2. The van der Waals surface area contributed by atoms with E-state index in [1.54, 1.807) is 29.5 Å². The zero-order valence-electron chi connectivity index (χ0n) is 28.1. The molecule has 0 fully saturated rings. The number of nitrogens with one attached hydrogen (secondary N) is 2. The van der Waals surface area contributed by atoms with Crippen molar-refractivity contribution in [3.05, 3.63) is 91.8 Å². The summed E-state index contributed by atoms with van der Waals surface area (Å²) in [6, 6.07) is 12.2. The zero-order chi connectivity index (χ0) is 34.9. The smallest absolute Gasteiger partial charge is 0.226 e. The molecule has 49 heavy (non-hydrogen) atoms. The van der Waals surface area contributed by atoms with Crippen molar-refractivity contribution in [3.8, 4) is 16.8 Å². The Bertz CT molecular complexity index is 1900. The highest BCUT2D eigenvalue weighted by molar-refractivity contribution is 7.15. The predicted molar refractivity (Wildman–Crippen MR) is 196 cm³/mol. The molecule has 5 N–H and O–H groups in total. The van der Waals surface area contributed by atoms with E-state index >= 15 is 0 Å². The summed E-state index contributed by atoms with van der Waals surface area (Å²) in [4.78, 5) is 32.3. The number of nitrogens with zero attached hydrogens (tertiary/aromatic N) is 4. The van der Waals surface area contributed by atoms with Gasteiger partial charge in [0.05, 0.1) is 18.7 Å². The summed E-state index contributed by atoms with van der Waals surface area (Å²) in [6.45, 7) is 6.72. The number of hydrogen-bond acceptors (Lipinski definition) is 8. The number of unbranched alkanes of at least 4 members (excludes halogenated alkanes) is 4. The standard InChI is InChI=1S/C37H42ClN7O3S/c1-23-24(2)49-37-34(23)35(27-11-14-29(38)15-12-27)42-31(36-44-43-25(3)45(36)37)21-33(48)40-19-17-32(47)41-30-16-13-26(28(20-30)22-46)10-8-6-4-5-7-9-18-39/h11-16,20,31,46H,4-7,9,17-19,21-22,39H2,1-3H3,(H,40,48)(H,41,47)/t31-/m0/s1. The molecule has 5 rings (SSSR count). The van der Waals surface area contributed by atoms with Crippen LogP contribution in [-0.4, -0.2) is 50.5 Å². The minimum Gasteiger partial charge on any atom is -0.392 e. The number of aliphatic hydroxyl groups is 1. The van der Waals surface area contributed by atoms with Crippen molar-refractivity contribution in [2.75, 3.05) is 18.4 Å². The topological polar surface area (TPSA) is 148 Å². The number of anilines is 1. The van der Waals surface area contributed by atoms with Crippen molar-refractivity contribution in [2.45, 2.75) is 78.4 Å². The van der Waals surface area contributed by atoms with Gasteiger partial charge in [0.1, 0.15) is 16.9 Å². The highest BCUT2D eigenvalue weighted by atomic mass is 35.5. The number of thiophene rings is 1. The maximum atomic E-state index is 13.3. The van der Waals surface area contributed by atoms with E-state index in [1.807, 2.05) is 35.8 Å². The number of halogens is 1. The normalized spacial score (nSPS) is 13.4. The van der Waals surface area contributed by atoms with Crippen molar-refractivity contribution in [1.29, 1.82) is 0 Å². The number of fused-ring (bicyclic) bond motifs is 3. The third kappa shape index (κ3) is 8.83. The molecular weight excluding hydrogens is 658 g/mol. The summed E-state index contributed by atoms with van der Waals surface area (Å²) in [5, 5.41) is 26.0. The Hall–Kier alpha value is -4.34. The number of aromatic nitrogens is 3. The summed E-state index contributed by atoms with van der Waals surface area (Å²) >= 11 is 7.85. The largest absolute Gasteiger partial charge is 0.392 e. The average molecular weight is 700 g/mol. The van der Waals surface area contributed by atoms with Crippen molar-refractivity contribution in [3.63, 3.8) is 0 Å². The second kappa shape index (κ2) is 16.9. The highest BCUT2D eigenvalue weighted by Gasteiger charge is 2.32. The van der Waals surface area contributed by atoms with Crippen molar-refractivity contribution < 1.29 is 14.7 Å². The molecule has 0 saturated heterocycles. The lowest BCUT2D eigenvalue weighted by Gasteiger charge is -2.13. The van der Waals surface area contributed by atoms with Crippen LogP contribution < -0.4 is 16.4 Å². The molecule has 2 aromatic carbocycles. The van der Waals surface area contributed by atoms with Gasteiger partial charge in [0.2, 0.25) is 11.8 Å². The van der Waals surface area contributed by atoms with Gasteiger partial charge in [-0.05, 0) is 81.6 Å². The fourth-order valence-electron chi connectivity index (χ4n) is 5.71. The number of aliphatic hydroxyl groups excluding tert-OH is 1. The van der Waals surface area contributed by atoms with Crippen LogP contribution in [0.15, 0.2) is 47.5 Å². The molecule has 3 heterocycles. The first-order valence-corrected chi connectivity index (χ1v) is 17.7. The molecule has 1 atom stereocenters. The van der Waals surface area contributed by atoms with Gasteiger partial charge in [-0.25, -0.2) is 0 Å². The Balaban J connectivity index is 1.22. The van der Waals surface area contributed by atoms with Gasteiger partial charge in [0.25, 0.3) is 0 Å². The first-order chi connectivity index (χ1) is 23.7. The van der Waals surface area contributed by atoms with Crippen LogP contribution in [0.4, 0.5) is 5.69 Å². The van der Waals surface area contributed by atoms with E-state index < -0.39 is 6.04 Å². The summed E-state index contributed by atoms with van der Waals surface area (Å²) in [7, 11) is 0. The Morgan fingerprint density at radius 3 is 2.57 bits per heavy atom. The molecule has 2 aromatic heterocycles. The van der Waals surface area contributed by atoms with Crippen molar-refractivity contribution in [1.82, 2.24) is 20.1 Å². The molecule has 256 valence electrons. The van der Waals surface area contributed by atoms with Gasteiger partial charge in [0, 0.05) is 51.7 Å². The van der Waals surface area contributed by atoms with E-state index in [9.17, 15) is 14.7 Å². The van der Waals surface area contributed by atoms with Gasteiger partial charge < -0.3 is 21.5 Å². The van der Waals surface area contributed by atoms with Crippen LogP contribution in [0.2, 0.25) is 5.02 Å². The van der Waals surface area contributed by atoms with Crippen LogP contribution in [0.5, 0.6) is 0 Å². The second-order valence-electron chi connectivity index (χ2n) is 12.0. The minimum absolute atomic E-state index is 0.0276. The molecule has 4 aromatic rings. The Kier molecular flexibility index (Phi) is 12.4. The maximum absolute atomic E-state index is 13.3. The van der Waals surface area contributed by atoms with Gasteiger partial charge in [-0.15, -0.1) is 21.5 Å². The van der Waals surface area contributed by atoms with E-state index in [0.29, 0.717) is 34.5 Å². The number of aryl methyl sites for hydroxylation is 2. The maximum Gasteiger partial charge on any atom is 0.226 e. The van der Waals surface area contributed by atoms with E-state index in [2.05, 4.69) is 46.5 Å². The SMILES string of the molecule is Cc1sc2c(c1C)C(c1ccc(Cl)cc1)=N[C@@H](CC(=O)NCCC(=O)Nc1ccc(C#CCCCCCCN)c(CO)c1)c1nnc(C)n1-2. The van der Waals surface area contributed by atoms with E-state index in [1.165, 1.54) is 0 Å². The molecule has 10 nitrogen and oxygen atoms in total. The number of carbonyl (C=O) groups is 2. The first kappa shape index (κ1) is 36.0. The van der Waals surface area contributed by atoms with E-state index in [0.717, 1.165) is 69.9 Å². The van der Waals surface area contributed by atoms with Crippen LogP contribution in [0.25, 0.3) is 5.00 Å². The number of benzene rings is 2. The van der Waals surface area contributed by atoms with E-state index in [4.69, 9.17) is 22.3 Å². The van der Waals surface area contributed by atoms with Gasteiger partial charge in [-0.2, -0.15) is 0 Å². The fraction of sp³-hybridized carbons (Fsp3) is 0.378. The molecule has 2 amide bonds. The monoisotopic (exact) mass is 699 g/mol. The number of hydrogen-bond donors (Lipinski definition) is 4. The lowest BCUT2D eigenvalue weighted by Crippen LogP contribution is -2.29. The third-order valence-corrected chi connectivity index (χ3v) is 9.89. The van der Waals surface area contributed by atoms with E-state index in [-0.39, 0.29) is 37.8 Å². The summed E-state index contributed by atoms with van der Waals surface area (Å²) in [5.74, 6) is 7.09. The van der Waals surface area contributed by atoms with Crippen LogP contribution in [-0.2, 0) is 16.2 Å². The molecule has 0 bridgehead atoms.